The largest absolute Gasteiger partial charge is 0.352 e. The third-order valence-electron chi connectivity index (χ3n) is 2.86. The van der Waals surface area contributed by atoms with Gasteiger partial charge in [0, 0.05) is 6.04 Å². The summed E-state index contributed by atoms with van der Waals surface area (Å²) < 4.78 is 27.2. The van der Waals surface area contributed by atoms with Crippen molar-refractivity contribution in [2.75, 3.05) is 10.6 Å². The van der Waals surface area contributed by atoms with E-state index in [1.165, 1.54) is 24.4 Å². The molecule has 0 spiro atoms. The Labute approximate surface area is 125 Å². The summed E-state index contributed by atoms with van der Waals surface area (Å²) >= 11 is 0. The minimum atomic E-state index is -0.700. The molecule has 0 unspecified atom stereocenters. The number of imidazole rings is 1. The Morgan fingerprint density at radius 1 is 1.14 bits per heavy atom. The van der Waals surface area contributed by atoms with Gasteiger partial charge in [-0.05, 0) is 26.0 Å². The van der Waals surface area contributed by atoms with Gasteiger partial charge in [-0.2, -0.15) is 4.98 Å². The fourth-order valence-corrected chi connectivity index (χ4v) is 1.93. The molecule has 0 saturated heterocycles. The molecular weight excluding hydrogens is 290 g/mol. The van der Waals surface area contributed by atoms with Crippen molar-refractivity contribution in [2.24, 2.45) is 0 Å². The molecule has 2 heterocycles. The van der Waals surface area contributed by atoms with Crippen LogP contribution in [0.1, 0.15) is 13.8 Å². The van der Waals surface area contributed by atoms with Gasteiger partial charge in [0.25, 0.3) is 0 Å². The lowest BCUT2D eigenvalue weighted by atomic mass is 10.3. The van der Waals surface area contributed by atoms with E-state index in [1.807, 2.05) is 13.8 Å². The predicted molar refractivity (Wildman–Crippen MR) is 80.1 cm³/mol. The smallest absolute Gasteiger partial charge is 0.224 e. The summed E-state index contributed by atoms with van der Waals surface area (Å²) in [6.45, 7) is 3.93. The molecule has 0 atom stereocenters. The maximum atomic E-state index is 13.6. The number of aromatic amines is 1. The second-order valence-corrected chi connectivity index (χ2v) is 5.03. The van der Waals surface area contributed by atoms with Gasteiger partial charge in [-0.1, -0.05) is 6.07 Å². The van der Waals surface area contributed by atoms with Gasteiger partial charge < -0.3 is 15.6 Å². The topological polar surface area (TPSA) is 78.5 Å². The number of hydrogen-bond donors (Lipinski definition) is 3. The Kier molecular flexibility index (Phi) is 3.58. The van der Waals surface area contributed by atoms with E-state index >= 15 is 0 Å². The maximum Gasteiger partial charge on any atom is 0.224 e. The number of fused-ring (bicyclic) bond motifs is 1. The van der Waals surface area contributed by atoms with Crippen LogP contribution < -0.4 is 10.6 Å². The van der Waals surface area contributed by atoms with Crippen molar-refractivity contribution in [1.82, 2.24) is 19.9 Å². The second-order valence-electron chi connectivity index (χ2n) is 5.03. The van der Waals surface area contributed by atoms with Crippen LogP contribution in [0.3, 0.4) is 0 Å². The van der Waals surface area contributed by atoms with Crippen molar-refractivity contribution < 1.29 is 8.78 Å². The molecule has 3 rings (SSSR count). The Morgan fingerprint density at radius 3 is 2.55 bits per heavy atom. The molecule has 114 valence electrons. The summed E-state index contributed by atoms with van der Waals surface area (Å²) in [7, 11) is 0. The Bertz CT molecular complexity index is 794. The normalized spacial score (nSPS) is 11.1. The van der Waals surface area contributed by atoms with Crippen LogP contribution in [-0.4, -0.2) is 26.0 Å². The van der Waals surface area contributed by atoms with Gasteiger partial charge in [-0.15, -0.1) is 0 Å². The number of hydrogen-bond acceptors (Lipinski definition) is 5. The molecule has 0 fully saturated rings. The first-order valence-corrected chi connectivity index (χ1v) is 6.73. The molecule has 0 bridgehead atoms. The van der Waals surface area contributed by atoms with Crippen molar-refractivity contribution in [3.63, 3.8) is 0 Å². The number of aromatic nitrogens is 4. The first kappa shape index (κ1) is 14.2. The average Bonchev–Trinajstić information content (AvgIpc) is 2.84. The highest BCUT2D eigenvalue weighted by atomic mass is 19.1. The summed E-state index contributed by atoms with van der Waals surface area (Å²) in [6.07, 6.45) is 1.53. The number of H-pyrrole nitrogens is 1. The number of halogens is 2. The number of nitrogens with zero attached hydrogens (tertiary/aromatic N) is 3. The maximum absolute atomic E-state index is 13.6. The van der Waals surface area contributed by atoms with Crippen LogP contribution in [0.4, 0.5) is 26.4 Å². The first-order chi connectivity index (χ1) is 10.5. The van der Waals surface area contributed by atoms with E-state index in [1.54, 1.807) is 0 Å². The second kappa shape index (κ2) is 5.55. The zero-order valence-electron chi connectivity index (χ0n) is 12.0. The van der Waals surface area contributed by atoms with Gasteiger partial charge >= 0.3 is 0 Å². The first-order valence-electron chi connectivity index (χ1n) is 6.73. The lowest BCUT2D eigenvalue weighted by Crippen LogP contribution is -2.12. The number of rotatable bonds is 4. The molecule has 8 heteroatoms. The van der Waals surface area contributed by atoms with E-state index in [0.717, 1.165) is 0 Å². The third-order valence-corrected chi connectivity index (χ3v) is 2.86. The van der Waals surface area contributed by atoms with E-state index in [2.05, 4.69) is 30.6 Å². The van der Waals surface area contributed by atoms with Crippen molar-refractivity contribution in [2.45, 2.75) is 19.9 Å². The van der Waals surface area contributed by atoms with Crippen LogP contribution in [0.5, 0.6) is 0 Å². The van der Waals surface area contributed by atoms with Crippen molar-refractivity contribution in [3.05, 3.63) is 36.0 Å². The van der Waals surface area contributed by atoms with Crippen molar-refractivity contribution in [1.29, 1.82) is 0 Å². The lowest BCUT2D eigenvalue weighted by Gasteiger charge is -2.06. The van der Waals surface area contributed by atoms with Gasteiger partial charge in [0.15, 0.2) is 5.65 Å². The van der Waals surface area contributed by atoms with E-state index in [-0.39, 0.29) is 17.7 Å². The van der Waals surface area contributed by atoms with Gasteiger partial charge in [0.05, 0.1) is 6.20 Å². The van der Waals surface area contributed by atoms with Crippen molar-refractivity contribution >= 4 is 28.7 Å². The highest BCUT2D eigenvalue weighted by Gasteiger charge is 2.12. The molecule has 0 aliphatic heterocycles. The number of para-hydroxylation sites is 1. The van der Waals surface area contributed by atoms with E-state index in [9.17, 15) is 8.78 Å². The summed E-state index contributed by atoms with van der Waals surface area (Å²) in [5.41, 5.74) is 0.695. The van der Waals surface area contributed by atoms with E-state index in [0.29, 0.717) is 17.1 Å². The molecule has 6 nitrogen and oxygen atoms in total. The monoisotopic (exact) mass is 304 g/mol. The summed E-state index contributed by atoms with van der Waals surface area (Å²) in [5.74, 6) is -0.757. The Hall–Kier alpha value is -2.77. The molecule has 1 aromatic carbocycles. The van der Waals surface area contributed by atoms with Crippen LogP contribution in [0.25, 0.3) is 11.2 Å². The molecule has 0 saturated carbocycles. The highest BCUT2D eigenvalue weighted by molar-refractivity contribution is 5.75. The van der Waals surface area contributed by atoms with E-state index in [4.69, 9.17) is 0 Å². The van der Waals surface area contributed by atoms with Gasteiger partial charge in [-0.25, -0.2) is 18.7 Å². The Morgan fingerprint density at radius 2 is 1.86 bits per heavy atom. The molecule has 3 N–H and O–H groups in total. The molecule has 3 aromatic rings. The summed E-state index contributed by atoms with van der Waals surface area (Å²) in [6, 6.07) is 3.81. The molecule has 0 aliphatic carbocycles. The predicted octanol–water partition coefficient (Wildman–Crippen LogP) is 3.20. The zero-order chi connectivity index (χ0) is 15.7. The summed E-state index contributed by atoms with van der Waals surface area (Å²) in [5, 5.41) is 5.65. The third kappa shape index (κ3) is 2.80. The number of nitrogens with one attached hydrogen (secondary N) is 3. The fourth-order valence-electron chi connectivity index (χ4n) is 1.93. The van der Waals surface area contributed by atoms with Crippen LogP contribution in [0.15, 0.2) is 24.4 Å². The standard InChI is InChI=1S/C14H14F2N6/c1-7(2)18-13-17-6-10-12(21-13)22-14(19-10)20-11-8(15)4-3-5-9(11)16/h3-7H,1-2H3,(H3,17,18,19,20,21,22). The van der Waals surface area contributed by atoms with Gasteiger partial charge in [-0.3, -0.25) is 0 Å². The van der Waals surface area contributed by atoms with Gasteiger partial charge in [0.1, 0.15) is 22.8 Å². The van der Waals surface area contributed by atoms with Crippen LogP contribution in [0.2, 0.25) is 0 Å². The molecule has 22 heavy (non-hydrogen) atoms. The van der Waals surface area contributed by atoms with Crippen LogP contribution >= 0.6 is 0 Å². The molecule has 0 aliphatic rings. The minimum absolute atomic E-state index is 0.186. The molecule has 0 amide bonds. The van der Waals surface area contributed by atoms with Gasteiger partial charge in [0.2, 0.25) is 11.9 Å². The summed E-state index contributed by atoms with van der Waals surface area (Å²) in [4.78, 5) is 15.4. The highest BCUT2D eigenvalue weighted by Crippen LogP contribution is 2.23. The molecular formula is C14H14F2N6. The molecule has 0 radical (unpaired) electrons. The molecule has 2 aromatic heterocycles. The van der Waals surface area contributed by atoms with Crippen molar-refractivity contribution in [3.8, 4) is 0 Å². The number of benzene rings is 1. The van der Waals surface area contributed by atoms with E-state index < -0.39 is 11.6 Å². The Balaban J connectivity index is 1.92. The SMILES string of the molecule is CC(C)Nc1ncc2nc(Nc3c(F)cccc3F)[nH]c2n1. The fraction of sp³-hybridized carbons (Fsp3) is 0.214. The minimum Gasteiger partial charge on any atom is -0.352 e. The van der Waals surface area contributed by atoms with Crippen LogP contribution in [0, 0.1) is 11.6 Å². The number of anilines is 3. The zero-order valence-corrected chi connectivity index (χ0v) is 12.0. The lowest BCUT2D eigenvalue weighted by molar-refractivity contribution is 0.590. The van der Waals surface area contributed by atoms with Crippen LogP contribution in [-0.2, 0) is 0 Å². The quantitative estimate of drug-likeness (QED) is 0.690. The average molecular weight is 304 g/mol.